The number of ether oxygens (including phenoxy) is 1. The molecule has 0 saturated carbocycles. The van der Waals surface area contributed by atoms with Gasteiger partial charge in [0.1, 0.15) is 6.07 Å². The zero-order chi connectivity index (χ0) is 10.9. The minimum Gasteiger partial charge on any atom is -0.461 e. The molecule has 0 aromatic carbocycles. The lowest BCUT2D eigenvalue weighted by molar-refractivity contribution is -0.394. The second kappa shape index (κ2) is 3.32. The Morgan fingerprint density at radius 2 is 1.93 bits per heavy atom. The predicted molar refractivity (Wildman–Crippen MR) is 45.3 cm³/mol. The summed E-state index contributed by atoms with van der Waals surface area (Å²) in [6.07, 6.45) is 0. The average Bonchev–Trinajstić information content (AvgIpc) is 2.42. The van der Waals surface area contributed by atoms with Crippen LogP contribution in [0.15, 0.2) is 6.07 Å². The second-order valence-corrected chi connectivity index (χ2v) is 2.47. The molecule has 8 nitrogen and oxygen atoms in total. The molecule has 1 aromatic heterocycles. The lowest BCUT2D eigenvalue weighted by Crippen LogP contribution is -1.99. The Kier molecular flexibility index (Phi) is 2.36. The molecule has 0 fully saturated rings. The second-order valence-electron chi connectivity index (χ2n) is 2.47. The maximum Gasteiger partial charge on any atom is 0.364 e. The lowest BCUT2D eigenvalue weighted by Gasteiger charge is -1.96. The molecule has 8 heteroatoms. The van der Waals surface area contributed by atoms with Crippen molar-refractivity contribution in [1.29, 1.82) is 0 Å². The van der Waals surface area contributed by atoms with Gasteiger partial charge in [-0.05, 0) is 4.92 Å². The van der Waals surface area contributed by atoms with Crippen LogP contribution in [0, 0.1) is 20.2 Å². The van der Waals surface area contributed by atoms with Crippen molar-refractivity contribution in [3.05, 3.63) is 26.3 Å². The quantitative estimate of drug-likeness (QED) is 0.532. The topological polar surface area (TPSA) is 100 Å². The van der Waals surface area contributed by atoms with Gasteiger partial charge in [-0.25, -0.2) is 0 Å². The maximum atomic E-state index is 10.5. The van der Waals surface area contributed by atoms with Gasteiger partial charge in [-0.1, -0.05) is 0 Å². The van der Waals surface area contributed by atoms with E-state index in [1.54, 1.807) is 0 Å². The third kappa shape index (κ3) is 1.37. The third-order valence-corrected chi connectivity index (χ3v) is 1.71. The van der Waals surface area contributed by atoms with Crippen molar-refractivity contribution in [2.24, 2.45) is 7.05 Å². The summed E-state index contributed by atoms with van der Waals surface area (Å²) in [6, 6.07) is 0.860. The molecule has 0 unspecified atom stereocenters. The van der Waals surface area contributed by atoms with Gasteiger partial charge in [0, 0.05) is 0 Å². The fraction of sp³-hybridized carbons (Fsp3) is 0.333. The molecule has 0 aliphatic carbocycles. The Balaban J connectivity index is 3.39. The van der Waals surface area contributed by atoms with Crippen molar-refractivity contribution in [3.8, 4) is 5.88 Å². The largest absolute Gasteiger partial charge is 0.461 e. The van der Waals surface area contributed by atoms with Gasteiger partial charge in [-0.3, -0.25) is 10.1 Å². The summed E-state index contributed by atoms with van der Waals surface area (Å²) in [6.45, 7) is 0. The Bertz CT molecular complexity index is 396. The SMILES string of the molecule is COc1c([N+](=O)[O-])cc([N+](=O)[O-])n1C. The van der Waals surface area contributed by atoms with Gasteiger partial charge < -0.3 is 14.9 Å². The van der Waals surface area contributed by atoms with Crippen molar-refractivity contribution >= 4 is 11.5 Å². The van der Waals surface area contributed by atoms with Gasteiger partial charge in [0.05, 0.1) is 19.1 Å². The van der Waals surface area contributed by atoms with E-state index in [1.807, 2.05) is 0 Å². The fourth-order valence-electron chi connectivity index (χ4n) is 1.10. The average molecular weight is 201 g/mol. The van der Waals surface area contributed by atoms with Crippen LogP contribution < -0.4 is 4.74 Å². The smallest absolute Gasteiger partial charge is 0.364 e. The van der Waals surface area contributed by atoms with E-state index in [4.69, 9.17) is 0 Å². The Labute approximate surface area is 78.0 Å². The molecule has 0 atom stereocenters. The molecule has 14 heavy (non-hydrogen) atoms. The Morgan fingerprint density at radius 3 is 2.21 bits per heavy atom. The first-order valence-corrected chi connectivity index (χ1v) is 3.51. The van der Waals surface area contributed by atoms with Crippen molar-refractivity contribution in [3.63, 3.8) is 0 Å². The number of nitrogens with zero attached hydrogens (tertiary/aromatic N) is 3. The van der Waals surface area contributed by atoms with Crippen LogP contribution in [0.4, 0.5) is 11.5 Å². The van der Waals surface area contributed by atoms with Crippen LogP contribution >= 0.6 is 0 Å². The molecule has 0 aliphatic rings. The van der Waals surface area contributed by atoms with E-state index < -0.39 is 15.5 Å². The Hall–Kier alpha value is -2.12. The van der Waals surface area contributed by atoms with Crippen LogP contribution in [-0.2, 0) is 7.05 Å². The number of rotatable bonds is 3. The summed E-state index contributed by atoms with van der Waals surface area (Å²) in [4.78, 5) is 19.4. The van der Waals surface area contributed by atoms with Gasteiger partial charge in [-0.15, -0.1) is 0 Å². The summed E-state index contributed by atoms with van der Waals surface area (Å²) in [5.74, 6) is -0.518. The van der Waals surface area contributed by atoms with Gasteiger partial charge in [0.15, 0.2) is 0 Å². The van der Waals surface area contributed by atoms with E-state index in [2.05, 4.69) is 4.74 Å². The zero-order valence-corrected chi connectivity index (χ0v) is 7.46. The first-order valence-electron chi connectivity index (χ1n) is 3.51. The minimum atomic E-state index is -0.730. The number of hydrogen-bond acceptors (Lipinski definition) is 5. The van der Waals surface area contributed by atoms with Crippen molar-refractivity contribution in [2.75, 3.05) is 7.11 Å². The van der Waals surface area contributed by atoms with E-state index >= 15 is 0 Å². The number of nitro groups is 2. The molecule has 0 saturated heterocycles. The molecule has 1 aromatic rings. The molecule has 0 amide bonds. The molecule has 0 bridgehead atoms. The summed E-state index contributed by atoms with van der Waals surface area (Å²) in [5, 5.41) is 20.9. The van der Waals surface area contributed by atoms with E-state index in [0.29, 0.717) is 0 Å². The van der Waals surface area contributed by atoms with Crippen molar-refractivity contribution in [1.82, 2.24) is 4.57 Å². The maximum absolute atomic E-state index is 10.5. The summed E-state index contributed by atoms with van der Waals surface area (Å²) in [7, 11) is 2.54. The minimum absolute atomic E-state index is 0.137. The summed E-state index contributed by atoms with van der Waals surface area (Å²) in [5.41, 5.74) is -0.415. The standard InChI is InChI=1S/C6H7N3O5/c1-7-5(9(12)13)3-4(8(10)11)6(7)14-2/h3H,1-2H3. The summed E-state index contributed by atoms with van der Waals surface area (Å²) < 4.78 is 5.70. The van der Waals surface area contributed by atoms with E-state index in [1.165, 1.54) is 14.2 Å². The molecule has 0 aliphatic heterocycles. The predicted octanol–water partition coefficient (Wildman–Crippen LogP) is 0.850. The highest BCUT2D eigenvalue weighted by atomic mass is 16.6. The highest BCUT2D eigenvalue weighted by Crippen LogP contribution is 2.33. The van der Waals surface area contributed by atoms with Crippen LogP contribution in [0.3, 0.4) is 0 Å². The van der Waals surface area contributed by atoms with Crippen molar-refractivity contribution < 1.29 is 14.6 Å². The molecule has 76 valence electrons. The lowest BCUT2D eigenvalue weighted by atomic mass is 10.5. The molecule has 0 N–H and O–H groups in total. The summed E-state index contributed by atoms with van der Waals surface area (Å²) >= 11 is 0. The number of methoxy groups -OCH3 is 1. The van der Waals surface area contributed by atoms with Gasteiger partial charge in [-0.2, -0.15) is 4.57 Å². The number of aromatic nitrogens is 1. The van der Waals surface area contributed by atoms with Crippen molar-refractivity contribution in [2.45, 2.75) is 0 Å². The number of hydrogen-bond donors (Lipinski definition) is 0. The van der Waals surface area contributed by atoms with Crippen LogP contribution in [0.2, 0.25) is 0 Å². The monoisotopic (exact) mass is 201 g/mol. The molecule has 1 heterocycles. The first kappa shape index (κ1) is 9.96. The van der Waals surface area contributed by atoms with E-state index in [0.717, 1.165) is 10.6 Å². The molecule has 0 radical (unpaired) electrons. The van der Waals surface area contributed by atoms with Crippen LogP contribution in [-0.4, -0.2) is 21.5 Å². The molecular weight excluding hydrogens is 194 g/mol. The molecule has 0 spiro atoms. The Morgan fingerprint density at radius 1 is 1.36 bits per heavy atom. The van der Waals surface area contributed by atoms with E-state index in [9.17, 15) is 20.2 Å². The van der Waals surface area contributed by atoms with Crippen LogP contribution in [0.25, 0.3) is 0 Å². The third-order valence-electron chi connectivity index (χ3n) is 1.71. The fourth-order valence-corrected chi connectivity index (χ4v) is 1.10. The van der Waals surface area contributed by atoms with Gasteiger partial charge >= 0.3 is 17.4 Å². The zero-order valence-electron chi connectivity index (χ0n) is 7.46. The first-order chi connectivity index (χ1) is 6.49. The van der Waals surface area contributed by atoms with Gasteiger partial charge in [0.25, 0.3) is 0 Å². The molecular formula is C6H7N3O5. The molecule has 1 rings (SSSR count). The highest BCUT2D eigenvalue weighted by Gasteiger charge is 2.30. The van der Waals surface area contributed by atoms with Crippen LogP contribution in [0.1, 0.15) is 0 Å². The van der Waals surface area contributed by atoms with Crippen LogP contribution in [0.5, 0.6) is 5.88 Å². The highest BCUT2D eigenvalue weighted by molar-refractivity contribution is 5.51. The van der Waals surface area contributed by atoms with Gasteiger partial charge in [0.2, 0.25) is 0 Å². The van der Waals surface area contributed by atoms with E-state index in [-0.39, 0.29) is 11.7 Å². The normalized spacial score (nSPS) is 9.86.